The number of aromatic hydroxyl groups is 1. The van der Waals surface area contributed by atoms with E-state index < -0.39 is 0 Å². The van der Waals surface area contributed by atoms with E-state index in [9.17, 15) is 9.90 Å². The quantitative estimate of drug-likeness (QED) is 0.732. The number of rotatable bonds is 3. The molecule has 2 rings (SSSR count). The molecule has 3 N–H and O–H groups in total. The molecule has 0 unspecified atom stereocenters. The SMILES string of the molecule is Cc1cccc(-n2[nH]c(=O)c(CCO)c2O)c1. The van der Waals surface area contributed by atoms with Gasteiger partial charge >= 0.3 is 0 Å². The van der Waals surface area contributed by atoms with Crippen molar-refractivity contribution in [2.75, 3.05) is 6.61 Å². The molecule has 1 heterocycles. The van der Waals surface area contributed by atoms with E-state index in [4.69, 9.17) is 5.11 Å². The number of aliphatic hydroxyl groups excluding tert-OH is 1. The zero-order valence-electron chi connectivity index (χ0n) is 9.47. The molecule has 5 heteroatoms. The lowest BCUT2D eigenvalue weighted by Gasteiger charge is -2.05. The molecule has 5 nitrogen and oxygen atoms in total. The Morgan fingerprint density at radius 2 is 2.18 bits per heavy atom. The van der Waals surface area contributed by atoms with Gasteiger partial charge in [0, 0.05) is 13.0 Å². The van der Waals surface area contributed by atoms with Crippen LogP contribution in [0.15, 0.2) is 29.1 Å². The fourth-order valence-electron chi connectivity index (χ4n) is 1.75. The third-order valence-corrected chi connectivity index (χ3v) is 2.59. The molecular formula is C12H14N2O3. The maximum absolute atomic E-state index is 11.6. The first-order chi connectivity index (χ1) is 8.13. The first-order valence-corrected chi connectivity index (χ1v) is 5.34. The second-order valence-corrected chi connectivity index (χ2v) is 3.89. The van der Waals surface area contributed by atoms with Gasteiger partial charge in [0.15, 0.2) is 0 Å². The summed E-state index contributed by atoms with van der Waals surface area (Å²) in [5.41, 5.74) is 1.54. The molecule has 0 aliphatic carbocycles. The van der Waals surface area contributed by atoms with Gasteiger partial charge in [-0.15, -0.1) is 0 Å². The summed E-state index contributed by atoms with van der Waals surface area (Å²) in [4.78, 5) is 11.6. The molecule has 90 valence electrons. The molecule has 0 amide bonds. The molecule has 0 radical (unpaired) electrons. The second kappa shape index (κ2) is 4.47. The molecule has 0 aliphatic rings. The van der Waals surface area contributed by atoms with Crippen LogP contribution in [-0.2, 0) is 6.42 Å². The maximum atomic E-state index is 11.6. The molecule has 0 aliphatic heterocycles. The number of nitrogens with one attached hydrogen (secondary N) is 1. The summed E-state index contributed by atoms with van der Waals surface area (Å²) in [6, 6.07) is 7.40. The van der Waals surface area contributed by atoms with Gasteiger partial charge in [0.2, 0.25) is 5.88 Å². The highest BCUT2D eigenvalue weighted by atomic mass is 16.3. The minimum Gasteiger partial charge on any atom is -0.493 e. The fraction of sp³-hybridized carbons (Fsp3) is 0.250. The maximum Gasteiger partial charge on any atom is 0.271 e. The first-order valence-electron chi connectivity index (χ1n) is 5.34. The van der Waals surface area contributed by atoms with E-state index in [2.05, 4.69) is 5.10 Å². The molecule has 0 fully saturated rings. The Labute approximate surface area is 97.9 Å². The highest BCUT2D eigenvalue weighted by molar-refractivity contribution is 5.39. The summed E-state index contributed by atoms with van der Waals surface area (Å²) >= 11 is 0. The smallest absolute Gasteiger partial charge is 0.271 e. The van der Waals surface area contributed by atoms with E-state index in [1.54, 1.807) is 6.07 Å². The summed E-state index contributed by atoms with van der Waals surface area (Å²) in [6.45, 7) is 1.76. The van der Waals surface area contributed by atoms with Crippen LogP contribution in [0.5, 0.6) is 5.88 Å². The minimum absolute atomic E-state index is 0.139. The topological polar surface area (TPSA) is 78.2 Å². The summed E-state index contributed by atoms with van der Waals surface area (Å²) in [6.07, 6.45) is 0.139. The molecule has 2 aromatic rings. The van der Waals surface area contributed by atoms with Crippen molar-refractivity contribution < 1.29 is 10.2 Å². The van der Waals surface area contributed by atoms with E-state index in [-0.39, 0.29) is 30.0 Å². The second-order valence-electron chi connectivity index (χ2n) is 3.89. The molecule has 0 saturated heterocycles. The van der Waals surface area contributed by atoms with Crippen LogP contribution in [-0.4, -0.2) is 26.6 Å². The highest BCUT2D eigenvalue weighted by Crippen LogP contribution is 2.19. The lowest BCUT2D eigenvalue weighted by atomic mass is 10.2. The number of aliphatic hydroxyl groups is 1. The molecule has 0 saturated carbocycles. The van der Waals surface area contributed by atoms with Gasteiger partial charge < -0.3 is 10.2 Å². The zero-order valence-corrected chi connectivity index (χ0v) is 9.47. The van der Waals surface area contributed by atoms with Crippen molar-refractivity contribution in [3.05, 3.63) is 45.7 Å². The number of H-pyrrole nitrogens is 1. The zero-order chi connectivity index (χ0) is 12.4. The van der Waals surface area contributed by atoms with E-state index in [1.807, 2.05) is 25.1 Å². The van der Waals surface area contributed by atoms with Crippen molar-refractivity contribution in [2.24, 2.45) is 0 Å². The van der Waals surface area contributed by atoms with E-state index in [1.165, 1.54) is 4.68 Å². The number of benzene rings is 1. The third kappa shape index (κ3) is 2.09. The van der Waals surface area contributed by atoms with Crippen molar-refractivity contribution in [3.8, 4) is 11.6 Å². The Hall–Kier alpha value is -2.01. The van der Waals surface area contributed by atoms with Crippen LogP contribution in [0.4, 0.5) is 0 Å². The number of hydrogen-bond acceptors (Lipinski definition) is 3. The Balaban J connectivity index is 2.54. The van der Waals surface area contributed by atoms with Crippen molar-refractivity contribution in [1.82, 2.24) is 9.78 Å². The normalized spacial score (nSPS) is 10.7. The summed E-state index contributed by atoms with van der Waals surface area (Å²) in [5, 5.41) is 21.3. The van der Waals surface area contributed by atoms with Gasteiger partial charge in [0.05, 0.1) is 11.3 Å². The van der Waals surface area contributed by atoms with Gasteiger partial charge in [0.25, 0.3) is 5.56 Å². The van der Waals surface area contributed by atoms with E-state index in [0.717, 1.165) is 5.56 Å². The Bertz CT molecular complexity index is 584. The predicted octanol–water partition coefficient (Wildman–Crippen LogP) is 0.714. The molecule has 0 atom stereocenters. The van der Waals surface area contributed by atoms with Crippen LogP contribution in [0.25, 0.3) is 5.69 Å². The van der Waals surface area contributed by atoms with Gasteiger partial charge in [-0.1, -0.05) is 12.1 Å². The molecule has 1 aromatic heterocycles. The molecule has 0 bridgehead atoms. The summed E-state index contributed by atoms with van der Waals surface area (Å²) in [5.74, 6) is -0.144. The standard InChI is InChI=1S/C12H14N2O3/c1-8-3-2-4-9(7-8)14-12(17)10(5-6-15)11(16)13-14/h2-4,7,15,17H,5-6H2,1H3,(H,13,16). The van der Waals surface area contributed by atoms with Crippen molar-refractivity contribution >= 4 is 0 Å². The van der Waals surface area contributed by atoms with E-state index >= 15 is 0 Å². The lowest BCUT2D eigenvalue weighted by Crippen LogP contribution is -2.08. The predicted molar refractivity (Wildman–Crippen MR) is 63.6 cm³/mol. The first kappa shape index (κ1) is 11.5. The summed E-state index contributed by atoms with van der Waals surface area (Å²) in [7, 11) is 0. The Morgan fingerprint density at radius 1 is 1.41 bits per heavy atom. The van der Waals surface area contributed by atoms with Crippen molar-refractivity contribution in [2.45, 2.75) is 13.3 Å². The molecular weight excluding hydrogens is 220 g/mol. The molecule has 1 aromatic carbocycles. The fourth-order valence-corrected chi connectivity index (χ4v) is 1.75. The molecule has 0 spiro atoms. The largest absolute Gasteiger partial charge is 0.493 e. The van der Waals surface area contributed by atoms with Crippen LogP contribution in [0.3, 0.4) is 0 Å². The number of aromatic amines is 1. The average molecular weight is 234 g/mol. The van der Waals surface area contributed by atoms with Gasteiger partial charge in [0.1, 0.15) is 0 Å². The van der Waals surface area contributed by atoms with Crippen LogP contribution < -0.4 is 5.56 Å². The monoisotopic (exact) mass is 234 g/mol. The third-order valence-electron chi connectivity index (χ3n) is 2.59. The molecule has 17 heavy (non-hydrogen) atoms. The van der Waals surface area contributed by atoms with Crippen LogP contribution in [0.1, 0.15) is 11.1 Å². The highest BCUT2D eigenvalue weighted by Gasteiger charge is 2.14. The van der Waals surface area contributed by atoms with Crippen LogP contribution in [0.2, 0.25) is 0 Å². The number of hydrogen-bond donors (Lipinski definition) is 3. The number of aromatic nitrogens is 2. The van der Waals surface area contributed by atoms with Crippen molar-refractivity contribution in [1.29, 1.82) is 0 Å². The van der Waals surface area contributed by atoms with Gasteiger partial charge in [-0.2, -0.15) is 0 Å². The Morgan fingerprint density at radius 3 is 2.82 bits per heavy atom. The van der Waals surface area contributed by atoms with E-state index in [0.29, 0.717) is 5.69 Å². The van der Waals surface area contributed by atoms with Gasteiger partial charge in [-0.3, -0.25) is 9.89 Å². The van der Waals surface area contributed by atoms with Crippen molar-refractivity contribution in [3.63, 3.8) is 0 Å². The minimum atomic E-state index is -0.377. The summed E-state index contributed by atoms with van der Waals surface area (Å²) < 4.78 is 1.32. The number of nitrogens with zero attached hydrogens (tertiary/aromatic N) is 1. The average Bonchev–Trinajstić information content (AvgIpc) is 2.57. The lowest BCUT2D eigenvalue weighted by molar-refractivity contribution is 0.296. The van der Waals surface area contributed by atoms with Crippen LogP contribution >= 0.6 is 0 Å². The Kier molecular flexibility index (Phi) is 3.01. The van der Waals surface area contributed by atoms with Gasteiger partial charge in [-0.25, -0.2) is 4.68 Å². The number of aryl methyl sites for hydroxylation is 1. The van der Waals surface area contributed by atoms with Gasteiger partial charge in [-0.05, 0) is 24.6 Å². The van der Waals surface area contributed by atoms with Crippen LogP contribution in [0, 0.1) is 6.92 Å².